The van der Waals surface area contributed by atoms with Crippen molar-refractivity contribution >= 4 is 32.6 Å². The van der Waals surface area contributed by atoms with Crippen LogP contribution in [0.3, 0.4) is 0 Å². The van der Waals surface area contributed by atoms with E-state index in [1.807, 2.05) is 32.9 Å². The summed E-state index contributed by atoms with van der Waals surface area (Å²) in [6.07, 6.45) is 1.75. The van der Waals surface area contributed by atoms with Crippen LogP contribution in [0.4, 0.5) is 5.69 Å². The summed E-state index contributed by atoms with van der Waals surface area (Å²) >= 11 is 0. The topological polar surface area (TPSA) is 79.6 Å². The van der Waals surface area contributed by atoms with Crippen LogP contribution in [-0.4, -0.2) is 32.7 Å². The van der Waals surface area contributed by atoms with Crippen molar-refractivity contribution in [3.05, 3.63) is 58.8 Å². The van der Waals surface area contributed by atoms with E-state index in [0.29, 0.717) is 5.69 Å². The third kappa shape index (κ3) is 3.68. The summed E-state index contributed by atoms with van der Waals surface area (Å²) in [6, 6.07) is 8.68. The van der Waals surface area contributed by atoms with Crippen molar-refractivity contribution in [1.82, 2.24) is 4.31 Å². The van der Waals surface area contributed by atoms with Gasteiger partial charge in [0.15, 0.2) is 0 Å². The molecule has 1 aromatic heterocycles. The maximum absolute atomic E-state index is 12.6. The molecule has 6 nitrogen and oxygen atoms in total. The molecule has 0 bridgehead atoms. The summed E-state index contributed by atoms with van der Waals surface area (Å²) < 4.78 is 31.5. The fourth-order valence-electron chi connectivity index (χ4n) is 3.00. The predicted octanol–water partition coefficient (Wildman–Crippen LogP) is 3.79. The van der Waals surface area contributed by atoms with Gasteiger partial charge in [0.05, 0.1) is 17.6 Å². The minimum Gasteiger partial charge on any atom is -0.464 e. The first-order chi connectivity index (χ1) is 13.1. The van der Waals surface area contributed by atoms with E-state index in [1.165, 1.54) is 26.2 Å². The average molecular weight is 401 g/mol. The van der Waals surface area contributed by atoms with Crippen molar-refractivity contribution in [3.8, 4) is 0 Å². The van der Waals surface area contributed by atoms with E-state index in [1.54, 1.807) is 12.3 Å². The second-order valence-electron chi connectivity index (χ2n) is 7.13. The molecule has 0 spiro atoms. The van der Waals surface area contributed by atoms with Crippen LogP contribution in [0.15, 0.2) is 45.9 Å². The van der Waals surface area contributed by atoms with Gasteiger partial charge in [-0.25, -0.2) is 12.7 Å². The molecule has 28 heavy (non-hydrogen) atoms. The van der Waals surface area contributed by atoms with E-state index in [4.69, 9.17) is 4.42 Å². The van der Waals surface area contributed by atoms with Crippen molar-refractivity contribution in [1.29, 1.82) is 0 Å². The van der Waals surface area contributed by atoms with Gasteiger partial charge in [0.1, 0.15) is 5.58 Å². The van der Waals surface area contributed by atoms with Crippen LogP contribution in [0.5, 0.6) is 0 Å². The Morgan fingerprint density at radius 1 is 1.07 bits per heavy atom. The number of fused-ring (bicyclic) bond motifs is 1. The molecule has 0 saturated heterocycles. The zero-order valence-electron chi connectivity index (χ0n) is 16.7. The summed E-state index contributed by atoms with van der Waals surface area (Å²) in [5.41, 5.74) is 5.04. The molecule has 0 fully saturated rings. The van der Waals surface area contributed by atoms with Crippen molar-refractivity contribution in [3.63, 3.8) is 0 Å². The summed E-state index contributed by atoms with van der Waals surface area (Å²) in [7, 11) is -0.626. The Morgan fingerprint density at radius 2 is 1.75 bits per heavy atom. The highest BCUT2D eigenvalue weighted by Crippen LogP contribution is 2.27. The number of rotatable bonds is 5. The summed E-state index contributed by atoms with van der Waals surface area (Å²) in [5, 5.41) is 3.74. The van der Waals surface area contributed by atoms with Crippen LogP contribution in [0.1, 0.15) is 22.3 Å². The molecule has 1 N–H and O–H groups in total. The lowest BCUT2D eigenvalue weighted by Crippen LogP contribution is -2.22. The van der Waals surface area contributed by atoms with Gasteiger partial charge in [0.2, 0.25) is 15.9 Å². The first-order valence-electron chi connectivity index (χ1n) is 8.90. The summed E-state index contributed by atoms with van der Waals surface area (Å²) in [5.74, 6) is -0.233. The van der Waals surface area contributed by atoms with E-state index in [-0.39, 0.29) is 17.2 Å². The quantitative estimate of drug-likeness (QED) is 0.707. The molecule has 0 saturated carbocycles. The molecule has 0 radical (unpaired) electrons. The van der Waals surface area contributed by atoms with E-state index in [2.05, 4.69) is 5.32 Å². The highest BCUT2D eigenvalue weighted by molar-refractivity contribution is 7.89. The number of nitrogens with one attached hydrogen (secondary N) is 1. The zero-order chi connectivity index (χ0) is 20.6. The summed E-state index contributed by atoms with van der Waals surface area (Å²) in [4.78, 5) is 12.7. The van der Waals surface area contributed by atoms with Gasteiger partial charge in [-0.1, -0.05) is 18.2 Å². The molecule has 148 valence electrons. The maximum Gasteiger partial charge on any atom is 0.242 e. The molecule has 3 rings (SSSR count). The molecule has 7 heteroatoms. The second-order valence-corrected chi connectivity index (χ2v) is 9.29. The molecule has 0 unspecified atom stereocenters. The number of carbonyl (C=O) groups excluding carboxylic acids is 1. The van der Waals surface area contributed by atoms with Crippen LogP contribution in [0.2, 0.25) is 0 Å². The maximum atomic E-state index is 12.6. The number of sulfonamides is 1. The van der Waals surface area contributed by atoms with Gasteiger partial charge >= 0.3 is 0 Å². The van der Waals surface area contributed by atoms with Gasteiger partial charge < -0.3 is 9.73 Å². The van der Waals surface area contributed by atoms with Gasteiger partial charge in [-0.3, -0.25) is 4.79 Å². The van der Waals surface area contributed by atoms with Crippen LogP contribution in [0.25, 0.3) is 11.0 Å². The monoisotopic (exact) mass is 400 g/mol. The van der Waals surface area contributed by atoms with Gasteiger partial charge in [-0.05, 0) is 49.6 Å². The number of furan rings is 1. The normalized spacial score (nSPS) is 11.9. The highest BCUT2D eigenvalue weighted by atomic mass is 32.2. The van der Waals surface area contributed by atoms with Crippen molar-refractivity contribution < 1.29 is 17.6 Å². The lowest BCUT2D eigenvalue weighted by Gasteiger charge is -2.14. The molecular weight excluding hydrogens is 376 g/mol. The second kappa shape index (κ2) is 7.41. The van der Waals surface area contributed by atoms with Crippen LogP contribution in [-0.2, 0) is 21.2 Å². The van der Waals surface area contributed by atoms with E-state index >= 15 is 0 Å². The lowest BCUT2D eigenvalue weighted by atomic mass is 10.0. The molecule has 2 aromatic carbocycles. The van der Waals surface area contributed by atoms with Crippen LogP contribution < -0.4 is 5.32 Å². The first-order valence-corrected chi connectivity index (χ1v) is 10.3. The van der Waals surface area contributed by atoms with Crippen LogP contribution >= 0.6 is 0 Å². The Bertz CT molecular complexity index is 1160. The van der Waals surface area contributed by atoms with Crippen molar-refractivity contribution in [2.24, 2.45) is 0 Å². The van der Waals surface area contributed by atoms with Gasteiger partial charge in [-0.15, -0.1) is 0 Å². The van der Waals surface area contributed by atoms with E-state index < -0.39 is 10.0 Å². The van der Waals surface area contributed by atoms with Gasteiger partial charge in [-0.2, -0.15) is 0 Å². The first kappa shape index (κ1) is 20.1. The van der Waals surface area contributed by atoms with Crippen molar-refractivity contribution in [2.45, 2.75) is 32.1 Å². The molecule has 3 aromatic rings. The van der Waals surface area contributed by atoms with Crippen molar-refractivity contribution in [2.75, 3.05) is 19.4 Å². The predicted molar refractivity (Wildman–Crippen MR) is 110 cm³/mol. The molecule has 0 aliphatic heterocycles. The fourth-order valence-corrected chi connectivity index (χ4v) is 3.93. The third-order valence-electron chi connectivity index (χ3n) is 4.95. The molecule has 1 heterocycles. The fraction of sp³-hybridized carbons (Fsp3) is 0.286. The van der Waals surface area contributed by atoms with E-state index in [0.717, 1.165) is 37.5 Å². The lowest BCUT2D eigenvalue weighted by molar-refractivity contribution is -0.115. The number of hydrogen-bond donors (Lipinski definition) is 1. The number of aryl methyl sites for hydroxylation is 3. The Labute approximate surface area is 165 Å². The SMILES string of the molecule is Cc1ccc(S(=O)(=O)N(C)C)cc1NC(=O)Cc1coc2c(C)c(C)ccc12. The standard InChI is InChI=1S/C21H24N2O4S/c1-13-7-9-18-16(12-27-21(18)15(13)3)10-20(24)22-19-11-17(8-6-14(19)2)28(25,26)23(4)5/h6-9,11-12H,10H2,1-5H3,(H,22,24). The Morgan fingerprint density at radius 3 is 2.43 bits per heavy atom. The Hall–Kier alpha value is -2.64. The number of anilines is 1. The number of benzene rings is 2. The minimum atomic E-state index is -3.57. The molecular formula is C21H24N2O4S. The Balaban J connectivity index is 1.85. The average Bonchev–Trinajstić information content (AvgIpc) is 3.03. The van der Waals surface area contributed by atoms with Gasteiger partial charge in [0, 0.05) is 30.7 Å². The zero-order valence-corrected chi connectivity index (χ0v) is 17.5. The number of amides is 1. The third-order valence-corrected chi connectivity index (χ3v) is 6.77. The smallest absolute Gasteiger partial charge is 0.242 e. The minimum absolute atomic E-state index is 0.137. The number of carbonyl (C=O) groups is 1. The summed E-state index contributed by atoms with van der Waals surface area (Å²) in [6.45, 7) is 5.83. The molecule has 1 amide bonds. The van der Waals surface area contributed by atoms with E-state index in [9.17, 15) is 13.2 Å². The van der Waals surface area contributed by atoms with Gasteiger partial charge in [0.25, 0.3) is 0 Å². The van der Waals surface area contributed by atoms with Crippen LogP contribution in [0, 0.1) is 20.8 Å². The number of hydrogen-bond acceptors (Lipinski definition) is 4. The molecule has 0 aliphatic rings. The largest absolute Gasteiger partial charge is 0.464 e. The molecule has 0 atom stereocenters. The highest BCUT2D eigenvalue weighted by Gasteiger charge is 2.19. The molecule has 0 aliphatic carbocycles. The Kier molecular flexibility index (Phi) is 5.32. The number of nitrogens with zero attached hydrogens (tertiary/aromatic N) is 1.